The van der Waals surface area contributed by atoms with Gasteiger partial charge in [0.2, 0.25) is 0 Å². The van der Waals surface area contributed by atoms with Crippen molar-refractivity contribution in [1.82, 2.24) is 15.0 Å². The lowest BCUT2D eigenvalue weighted by Crippen LogP contribution is -2.18. The first-order valence-corrected chi connectivity index (χ1v) is 7.57. The van der Waals surface area contributed by atoms with Crippen LogP contribution in [0.15, 0.2) is 59.7 Å². The fourth-order valence-electron chi connectivity index (χ4n) is 2.07. The van der Waals surface area contributed by atoms with Crippen LogP contribution in [0, 0.1) is 13.8 Å². The van der Waals surface area contributed by atoms with Gasteiger partial charge in [0, 0.05) is 10.6 Å². The quantitative estimate of drug-likeness (QED) is 0.452. The number of aryl methyl sites for hydroxylation is 1. The zero-order chi connectivity index (χ0) is 16.2. The monoisotopic (exact) mass is 325 g/mol. The van der Waals surface area contributed by atoms with Crippen molar-refractivity contribution in [2.24, 2.45) is 5.10 Å². The molecule has 0 radical (unpaired) electrons. The number of rotatable bonds is 3. The molecular weight excluding hydrogens is 310 g/mol. The summed E-state index contributed by atoms with van der Waals surface area (Å²) >= 11 is 5.98. The topological polar surface area (TPSA) is 55.1 Å². The zero-order valence-electron chi connectivity index (χ0n) is 12.9. The Morgan fingerprint density at radius 1 is 1.04 bits per heavy atom. The van der Waals surface area contributed by atoms with Crippen LogP contribution in [0.2, 0.25) is 5.02 Å². The van der Waals surface area contributed by atoms with Crippen LogP contribution >= 0.6 is 11.6 Å². The number of hydrogen-bond acceptors (Lipinski definition) is 4. The van der Waals surface area contributed by atoms with E-state index in [4.69, 9.17) is 11.6 Å². The third-order valence-corrected chi connectivity index (χ3v) is 3.75. The third-order valence-electron chi connectivity index (χ3n) is 3.49. The lowest BCUT2D eigenvalue weighted by molar-refractivity contribution is 0.820. The van der Waals surface area contributed by atoms with Crippen LogP contribution in [0.25, 0.3) is 0 Å². The van der Waals surface area contributed by atoms with Crippen molar-refractivity contribution in [1.29, 1.82) is 0 Å². The Labute approximate surface area is 139 Å². The molecule has 5 nitrogen and oxygen atoms in total. The van der Waals surface area contributed by atoms with Crippen molar-refractivity contribution in [3.8, 4) is 0 Å². The molecule has 23 heavy (non-hydrogen) atoms. The van der Waals surface area contributed by atoms with Gasteiger partial charge >= 0.3 is 0 Å². The lowest BCUT2D eigenvalue weighted by Gasteiger charge is -2.09. The van der Waals surface area contributed by atoms with Crippen LogP contribution in [-0.2, 0) is 0 Å². The van der Waals surface area contributed by atoms with E-state index in [2.05, 4.69) is 20.8 Å². The van der Waals surface area contributed by atoms with Crippen molar-refractivity contribution in [2.75, 3.05) is 5.43 Å². The Bertz CT molecular complexity index is 822. The van der Waals surface area contributed by atoms with Crippen LogP contribution in [0.5, 0.6) is 0 Å². The molecule has 0 aliphatic heterocycles. The summed E-state index contributed by atoms with van der Waals surface area (Å²) in [5, 5.41) is 13.5. The molecule has 0 aliphatic rings. The van der Waals surface area contributed by atoms with Gasteiger partial charge in [0.1, 0.15) is 0 Å². The summed E-state index contributed by atoms with van der Waals surface area (Å²) in [6, 6.07) is 17.2. The van der Waals surface area contributed by atoms with Crippen molar-refractivity contribution in [2.45, 2.75) is 13.8 Å². The summed E-state index contributed by atoms with van der Waals surface area (Å²) in [6.07, 6.45) is 0. The molecule has 0 saturated heterocycles. The Hall–Kier alpha value is -2.66. The molecule has 3 rings (SSSR count). The molecule has 1 N–H and O–H groups in total. The van der Waals surface area contributed by atoms with Gasteiger partial charge in [0.25, 0.3) is 0 Å². The zero-order valence-corrected chi connectivity index (χ0v) is 13.6. The molecule has 0 atom stereocenters. The van der Waals surface area contributed by atoms with Crippen LogP contribution in [-0.4, -0.2) is 20.8 Å². The maximum Gasteiger partial charge on any atom is 0.182 e. The van der Waals surface area contributed by atoms with Gasteiger partial charge in [-0.2, -0.15) is 9.78 Å². The van der Waals surface area contributed by atoms with E-state index in [0.717, 1.165) is 22.6 Å². The smallest absolute Gasteiger partial charge is 0.182 e. The third kappa shape index (κ3) is 3.40. The summed E-state index contributed by atoms with van der Waals surface area (Å²) in [6.45, 7) is 3.88. The van der Waals surface area contributed by atoms with Gasteiger partial charge in [-0.1, -0.05) is 35.0 Å². The van der Waals surface area contributed by atoms with Crippen LogP contribution in [0.3, 0.4) is 0 Å². The minimum Gasteiger partial charge on any atom is -0.276 e. The van der Waals surface area contributed by atoms with Crippen LogP contribution in [0.4, 0.5) is 5.69 Å². The molecule has 2 aromatic carbocycles. The predicted molar refractivity (Wildman–Crippen MR) is 92.9 cm³/mol. The summed E-state index contributed by atoms with van der Waals surface area (Å²) in [7, 11) is 0. The number of nitrogens with one attached hydrogen (secondary N) is 1. The van der Waals surface area contributed by atoms with E-state index in [1.54, 1.807) is 4.68 Å². The van der Waals surface area contributed by atoms with Crippen molar-refractivity contribution in [3.05, 3.63) is 76.6 Å². The highest BCUT2D eigenvalue weighted by molar-refractivity contribution is 6.30. The van der Waals surface area contributed by atoms with Gasteiger partial charge in [0.15, 0.2) is 5.84 Å². The predicted octanol–water partition coefficient (Wildman–Crippen LogP) is 3.87. The molecule has 116 valence electrons. The fraction of sp³-hybridized carbons (Fsp3) is 0.118. The van der Waals surface area contributed by atoms with Crippen molar-refractivity contribution < 1.29 is 0 Å². The molecule has 0 unspecified atom stereocenters. The molecular formula is C17H16ClN5. The summed E-state index contributed by atoms with van der Waals surface area (Å²) in [5.41, 5.74) is 6.66. The van der Waals surface area contributed by atoms with E-state index in [-0.39, 0.29) is 0 Å². The van der Waals surface area contributed by atoms with Crippen LogP contribution < -0.4 is 5.43 Å². The minimum atomic E-state index is 0.656. The maximum absolute atomic E-state index is 5.98. The first kappa shape index (κ1) is 15.2. The second kappa shape index (κ2) is 6.62. The summed E-state index contributed by atoms with van der Waals surface area (Å²) in [4.78, 5) is 0. The average molecular weight is 326 g/mol. The molecule has 3 aromatic rings. The second-order valence-electron chi connectivity index (χ2n) is 5.09. The number of nitrogens with zero attached hydrogens (tertiary/aromatic N) is 4. The number of hydrazone groups is 1. The Balaban J connectivity index is 2.03. The molecule has 0 saturated carbocycles. The van der Waals surface area contributed by atoms with E-state index in [9.17, 15) is 0 Å². The Morgan fingerprint density at radius 2 is 1.74 bits per heavy atom. The number of hydrogen-bond donors (Lipinski definition) is 1. The number of benzene rings is 2. The van der Waals surface area contributed by atoms with Gasteiger partial charge in [0.05, 0.1) is 17.1 Å². The van der Waals surface area contributed by atoms with Gasteiger partial charge < -0.3 is 0 Å². The molecule has 0 amide bonds. The van der Waals surface area contributed by atoms with E-state index in [1.165, 1.54) is 0 Å². The first-order chi connectivity index (χ1) is 11.1. The Morgan fingerprint density at radius 3 is 2.35 bits per heavy atom. The van der Waals surface area contributed by atoms with Crippen LogP contribution in [0.1, 0.15) is 17.0 Å². The average Bonchev–Trinajstić information content (AvgIpc) is 2.90. The largest absolute Gasteiger partial charge is 0.276 e. The standard InChI is InChI=1S/C17H16ClN5/c1-12-13(2)23(22-19-12)17(14-8-10-15(18)11-9-14)21-20-16-6-4-3-5-7-16/h3-11,20H,1-2H3/b21-17+. The highest BCUT2D eigenvalue weighted by Crippen LogP contribution is 2.14. The first-order valence-electron chi connectivity index (χ1n) is 7.19. The molecule has 0 spiro atoms. The minimum absolute atomic E-state index is 0.656. The molecule has 1 heterocycles. The molecule has 1 aromatic heterocycles. The SMILES string of the molecule is Cc1nnn(/C(=N/Nc2ccccc2)c2ccc(Cl)cc2)c1C. The Kier molecular flexibility index (Phi) is 4.39. The van der Waals surface area contributed by atoms with E-state index in [0.29, 0.717) is 10.9 Å². The van der Waals surface area contributed by atoms with Crippen molar-refractivity contribution in [3.63, 3.8) is 0 Å². The van der Waals surface area contributed by atoms with Gasteiger partial charge in [-0.25, -0.2) is 0 Å². The van der Waals surface area contributed by atoms with E-state index >= 15 is 0 Å². The highest BCUT2D eigenvalue weighted by atomic mass is 35.5. The van der Waals surface area contributed by atoms with E-state index < -0.39 is 0 Å². The summed E-state index contributed by atoms with van der Waals surface area (Å²) in [5.74, 6) is 0.656. The number of aromatic nitrogens is 3. The van der Waals surface area contributed by atoms with Gasteiger partial charge in [-0.3, -0.25) is 5.43 Å². The van der Waals surface area contributed by atoms with E-state index in [1.807, 2.05) is 68.4 Å². The highest BCUT2D eigenvalue weighted by Gasteiger charge is 2.13. The van der Waals surface area contributed by atoms with Crippen molar-refractivity contribution >= 4 is 23.1 Å². The summed E-state index contributed by atoms with van der Waals surface area (Å²) < 4.78 is 1.72. The number of halogens is 1. The lowest BCUT2D eigenvalue weighted by atomic mass is 10.2. The maximum atomic E-state index is 5.98. The van der Waals surface area contributed by atoms with Gasteiger partial charge in [-0.15, -0.1) is 5.10 Å². The molecule has 0 aliphatic carbocycles. The van der Waals surface area contributed by atoms with Gasteiger partial charge in [-0.05, 0) is 50.2 Å². The molecule has 6 heteroatoms. The number of para-hydroxylation sites is 1. The molecule has 0 bridgehead atoms. The second-order valence-corrected chi connectivity index (χ2v) is 5.53. The molecule has 0 fully saturated rings. The normalized spacial score (nSPS) is 11.5. The number of anilines is 1. The fourth-order valence-corrected chi connectivity index (χ4v) is 2.20.